The number of hydrogen-bond donors (Lipinski definition) is 2. The van der Waals surface area contributed by atoms with Crippen LogP contribution in [0.5, 0.6) is 0 Å². The molecule has 4 rings (SSSR count). The third-order valence-electron chi connectivity index (χ3n) is 5.60. The maximum Gasteiger partial charge on any atom is 0.0662 e. The van der Waals surface area contributed by atoms with Crippen LogP contribution in [0.4, 0.5) is 0 Å². The minimum absolute atomic E-state index is 0.507. The molecule has 2 aliphatic rings. The van der Waals surface area contributed by atoms with Gasteiger partial charge in [-0.25, -0.2) is 0 Å². The van der Waals surface area contributed by atoms with Crippen molar-refractivity contribution >= 4 is 0 Å². The SMILES string of the molecule is c1ccc(Cn2cccn2)c(CNC2CCCC2C2COCCN2)c1. The van der Waals surface area contributed by atoms with Gasteiger partial charge < -0.3 is 15.4 Å². The van der Waals surface area contributed by atoms with E-state index in [2.05, 4.69) is 40.0 Å². The summed E-state index contributed by atoms with van der Waals surface area (Å²) in [7, 11) is 0. The first-order chi connectivity index (χ1) is 12.4. The number of hydrogen-bond acceptors (Lipinski definition) is 4. The predicted molar refractivity (Wildman–Crippen MR) is 98.3 cm³/mol. The Morgan fingerprint density at radius 3 is 2.92 bits per heavy atom. The third kappa shape index (κ3) is 4.11. The lowest BCUT2D eigenvalue weighted by molar-refractivity contribution is 0.0524. The van der Waals surface area contributed by atoms with Gasteiger partial charge >= 0.3 is 0 Å². The van der Waals surface area contributed by atoms with E-state index < -0.39 is 0 Å². The lowest BCUT2D eigenvalue weighted by Crippen LogP contribution is -2.50. The Hall–Kier alpha value is -1.69. The van der Waals surface area contributed by atoms with Crippen molar-refractivity contribution in [3.8, 4) is 0 Å². The van der Waals surface area contributed by atoms with Crippen LogP contribution in [-0.2, 0) is 17.8 Å². The Morgan fingerprint density at radius 2 is 2.12 bits per heavy atom. The zero-order valence-electron chi connectivity index (χ0n) is 14.7. The zero-order chi connectivity index (χ0) is 16.9. The van der Waals surface area contributed by atoms with E-state index >= 15 is 0 Å². The van der Waals surface area contributed by atoms with Gasteiger partial charge in [0.15, 0.2) is 0 Å². The van der Waals surface area contributed by atoms with E-state index in [4.69, 9.17) is 4.74 Å². The van der Waals surface area contributed by atoms with Crippen molar-refractivity contribution < 1.29 is 4.74 Å². The van der Waals surface area contributed by atoms with Crippen molar-refractivity contribution in [1.29, 1.82) is 0 Å². The number of morpholine rings is 1. The number of nitrogens with one attached hydrogen (secondary N) is 2. The molecule has 2 N–H and O–H groups in total. The first-order valence-electron chi connectivity index (χ1n) is 9.49. The highest BCUT2D eigenvalue weighted by atomic mass is 16.5. The van der Waals surface area contributed by atoms with Crippen LogP contribution in [0.3, 0.4) is 0 Å². The van der Waals surface area contributed by atoms with Gasteiger partial charge in [-0.3, -0.25) is 4.68 Å². The van der Waals surface area contributed by atoms with Gasteiger partial charge in [-0.15, -0.1) is 0 Å². The molecule has 2 heterocycles. The highest BCUT2D eigenvalue weighted by Crippen LogP contribution is 2.30. The average molecular weight is 340 g/mol. The van der Waals surface area contributed by atoms with Crippen LogP contribution in [0.25, 0.3) is 0 Å². The monoisotopic (exact) mass is 340 g/mol. The number of benzene rings is 1. The molecule has 1 aliphatic heterocycles. The fourth-order valence-corrected chi connectivity index (χ4v) is 4.28. The van der Waals surface area contributed by atoms with Crippen LogP contribution in [0, 0.1) is 5.92 Å². The topological polar surface area (TPSA) is 51.1 Å². The van der Waals surface area contributed by atoms with E-state index in [0.717, 1.165) is 32.8 Å². The van der Waals surface area contributed by atoms with Gasteiger partial charge in [0.2, 0.25) is 0 Å². The Balaban J connectivity index is 1.39. The third-order valence-corrected chi connectivity index (χ3v) is 5.60. The molecule has 1 saturated heterocycles. The molecule has 0 spiro atoms. The fourth-order valence-electron chi connectivity index (χ4n) is 4.28. The Bertz CT molecular complexity index is 651. The summed E-state index contributed by atoms with van der Waals surface area (Å²) < 4.78 is 7.67. The zero-order valence-corrected chi connectivity index (χ0v) is 14.7. The Morgan fingerprint density at radius 1 is 1.20 bits per heavy atom. The van der Waals surface area contributed by atoms with Gasteiger partial charge in [0.05, 0.1) is 19.8 Å². The molecule has 0 bridgehead atoms. The smallest absolute Gasteiger partial charge is 0.0662 e. The molecule has 0 amide bonds. The molecule has 2 fully saturated rings. The molecule has 1 aromatic heterocycles. The molecule has 2 aromatic rings. The summed E-state index contributed by atoms with van der Waals surface area (Å²) in [4.78, 5) is 0. The number of aromatic nitrogens is 2. The van der Waals surface area contributed by atoms with Gasteiger partial charge in [-0.1, -0.05) is 30.7 Å². The van der Waals surface area contributed by atoms with E-state index in [1.54, 1.807) is 0 Å². The van der Waals surface area contributed by atoms with Gasteiger partial charge in [0.1, 0.15) is 0 Å². The van der Waals surface area contributed by atoms with E-state index in [1.165, 1.54) is 30.4 Å². The van der Waals surface area contributed by atoms with Crippen LogP contribution < -0.4 is 10.6 Å². The molecule has 25 heavy (non-hydrogen) atoms. The quantitative estimate of drug-likeness (QED) is 0.846. The second-order valence-corrected chi connectivity index (χ2v) is 7.19. The molecule has 3 unspecified atom stereocenters. The molecule has 134 valence electrons. The van der Waals surface area contributed by atoms with Crippen molar-refractivity contribution in [3.05, 3.63) is 53.9 Å². The standard InChI is InChI=1S/C20H28N4O/c1-2-6-17(14-24-11-4-9-23-24)16(5-1)13-22-19-8-3-7-18(19)20-15-25-12-10-21-20/h1-2,4-6,9,11,18-22H,3,7-8,10,12-15H2. The highest BCUT2D eigenvalue weighted by molar-refractivity contribution is 5.27. The van der Waals surface area contributed by atoms with Crippen LogP contribution in [0.2, 0.25) is 0 Å². The normalized spacial score (nSPS) is 26.8. The minimum Gasteiger partial charge on any atom is -0.379 e. The first kappa shape index (κ1) is 16.8. The summed E-state index contributed by atoms with van der Waals surface area (Å²) >= 11 is 0. The van der Waals surface area contributed by atoms with Crippen LogP contribution in [0.1, 0.15) is 30.4 Å². The fraction of sp³-hybridized carbons (Fsp3) is 0.550. The summed E-state index contributed by atoms with van der Waals surface area (Å²) in [5.74, 6) is 0.679. The summed E-state index contributed by atoms with van der Waals surface area (Å²) in [6.45, 7) is 4.45. The molecular weight excluding hydrogens is 312 g/mol. The molecular formula is C20H28N4O. The van der Waals surface area contributed by atoms with Crippen LogP contribution in [0.15, 0.2) is 42.7 Å². The second-order valence-electron chi connectivity index (χ2n) is 7.19. The summed E-state index contributed by atoms with van der Waals surface area (Å²) in [5, 5.41) is 11.8. The Labute approximate surface area is 149 Å². The van der Waals surface area contributed by atoms with E-state index in [-0.39, 0.29) is 0 Å². The van der Waals surface area contributed by atoms with Gasteiger partial charge in [0.25, 0.3) is 0 Å². The van der Waals surface area contributed by atoms with Gasteiger partial charge in [-0.2, -0.15) is 5.10 Å². The lowest BCUT2D eigenvalue weighted by Gasteiger charge is -2.33. The van der Waals surface area contributed by atoms with E-state index in [0.29, 0.717) is 18.0 Å². The maximum atomic E-state index is 5.68. The number of nitrogens with zero attached hydrogens (tertiary/aromatic N) is 2. The molecule has 1 aromatic carbocycles. The van der Waals surface area contributed by atoms with Crippen molar-refractivity contribution in [1.82, 2.24) is 20.4 Å². The molecule has 3 atom stereocenters. The lowest BCUT2D eigenvalue weighted by atomic mass is 9.93. The Kier molecular flexibility index (Phi) is 5.45. The number of ether oxygens (including phenoxy) is 1. The summed E-state index contributed by atoms with van der Waals surface area (Å²) in [6.07, 6.45) is 7.74. The minimum atomic E-state index is 0.507. The van der Waals surface area contributed by atoms with Crippen molar-refractivity contribution in [3.63, 3.8) is 0 Å². The molecule has 5 nitrogen and oxygen atoms in total. The van der Waals surface area contributed by atoms with E-state index in [1.807, 2.05) is 23.1 Å². The molecule has 0 radical (unpaired) electrons. The van der Waals surface area contributed by atoms with Crippen molar-refractivity contribution in [2.24, 2.45) is 5.92 Å². The maximum absolute atomic E-state index is 5.68. The predicted octanol–water partition coefficient (Wildman–Crippen LogP) is 2.18. The molecule has 5 heteroatoms. The van der Waals surface area contributed by atoms with Crippen LogP contribution in [-0.4, -0.2) is 41.6 Å². The molecule has 1 aliphatic carbocycles. The van der Waals surface area contributed by atoms with Gasteiger partial charge in [0, 0.05) is 37.6 Å². The van der Waals surface area contributed by atoms with Crippen molar-refractivity contribution in [2.75, 3.05) is 19.8 Å². The average Bonchev–Trinajstić information content (AvgIpc) is 3.33. The first-order valence-corrected chi connectivity index (χ1v) is 9.49. The van der Waals surface area contributed by atoms with Crippen LogP contribution >= 0.6 is 0 Å². The van der Waals surface area contributed by atoms with E-state index in [9.17, 15) is 0 Å². The van der Waals surface area contributed by atoms with Crippen molar-refractivity contribution in [2.45, 2.75) is 44.4 Å². The highest BCUT2D eigenvalue weighted by Gasteiger charge is 2.34. The summed E-state index contributed by atoms with van der Waals surface area (Å²) in [6, 6.07) is 11.8. The summed E-state index contributed by atoms with van der Waals surface area (Å²) in [5.41, 5.74) is 2.71. The molecule has 1 saturated carbocycles. The van der Waals surface area contributed by atoms with Gasteiger partial charge in [-0.05, 0) is 36.0 Å². The second kappa shape index (κ2) is 8.13. The largest absolute Gasteiger partial charge is 0.379 e. The number of rotatable bonds is 6.